The predicted octanol–water partition coefficient (Wildman–Crippen LogP) is 1.74. The van der Waals surface area contributed by atoms with Crippen molar-refractivity contribution in [1.82, 2.24) is 4.72 Å². The van der Waals surface area contributed by atoms with Crippen molar-refractivity contribution >= 4 is 21.4 Å². The van der Waals surface area contributed by atoms with Crippen molar-refractivity contribution in [3.8, 4) is 5.75 Å². The van der Waals surface area contributed by atoms with Gasteiger partial charge < -0.3 is 10.5 Å². The van der Waals surface area contributed by atoms with Gasteiger partial charge in [0.2, 0.25) is 10.0 Å². The Kier molecular flexibility index (Phi) is 5.35. The first-order valence-corrected chi connectivity index (χ1v) is 8.82. The maximum atomic E-state index is 12.3. The van der Waals surface area contributed by atoms with Crippen LogP contribution in [0.5, 0.6) is 5.75 Å². The van der Waals surface area contributed by atoms with Gasteiger partial charge in [0.25, 0.3) is 0 Å². The van der Waals surface area contributed by atoms with Gasteiger partial charge in [0.15, 0.2) is 0 Å². The van der Waals surface area contributed by atoms with Crippen molar-refractivity contribution in [2.75, 3.05) is 13.7 Å². The quantitative estimate of drug-likeness (QED) is 0.812. The van der Waals surface area contributed by atoms with Crippen LogP contribution >= 0.6 is 11.3 Å². The summed E-state index contributed by atoms with van der Waals surface area (Å²) in [5.41, 5.74) is 6.37. The fourth-order valence-corrected chi connectivity index (χ4v) is 3.79. The normalized spacial score (nSPS) is 11.5. The minimum absolute atomic E-state index is 0.133. The summed E-state index contributed by atoms with van der Waals surface area (Å²) in [7, 11) is -2.15. The lowest BCUT2D eigenvalue weighted by atomic mass is 10.2. The van der Waals surface area contributed by atoms with Crippen molar-refractivity contribution in [3.63, 3.8) is 0 Å². The van der Waals surface area contributed by atoms with Gasteiger partial charge in [0, 0.05) is 18.0 Å². The summed E-state index contributed by atoms with van der Waals surface area (Å²) in [5.74, 6) is 0.307. The van der Waals surface area contributed by atoms with Crippen LogP contribution in [0, 0.1) is 0 Å². The molecule has 0 aliphatic carbocycles. The maximum absolute atomic E-state index is 12.3. The highest BCUT2D eigenvalue weighted by atomic mass is 32.2. The Labute approximate surface area is 128 Å². The van der Waals surface area contributed by atoms with E-state index in [0.29, 0.717) is 25.3 Å². The Morgan fingerprint density at radius 2 is 2.14 bits per heavy atom. The van der Waals surface area contributed by atoms with Crippen LogP contribution in [0.3, 0.4) is 0 Å². The third-order valence-electron chi connectivity index (χ3n) is 3.00. The first-order chi connectivity index (χ1) is 10.1. The van der Waals surface area contributed by atoms with E-state index >= 15 is 0 Å². The monoisotopic (exact) mass is 326 g/mol. The van der Waals surface area contributed by atoms with Gasteiger partial charge in [0.05, 0.1) is 7.11 Å². The number of sulfonamides is 1. The summed E-state index contributed by atoms with van der Waals surface area (Å²) in [5, 5.41) is 1.97. The van der Waals surface area contributed by atoms with E-state index in [2.05, 4.69) is 4.72 Å². The highest BCUT2D eigenvalue weighted by Gasteiger charge is 2.19. The van der Waals surface area contributed by atoms with Gasteiger partial charge in [-0.05, 0) is 35.6 Å². The van der Waals surface area contributed by atoms with E-state index in [0.717, 1.165) is 10.4 Å². The molecule has 0 spiro atoms. The summed E-state index contributed by atoms with van der Waals surface area (Å²) in [4.78, 5) is 1.27. The standard InChI is InChI=1S/C14H18N2O3S2/c1-19-13-9-11(10-15)4-5-14(13)21(17,18)16-7-6-12-3-2-8-20-12/h2-5,8-9,16H,6-7,10,15H2,1H3. The van der Waals surface area contributed by atoms with Gasteiger partial charge in [-0.2, -0.15) is 0 Å². The van der Waals surface area contributed by atoms with Gasteiger partial charge in [-0.25, -0.2) is 13.1 Å². The molecule has 0 amide bonds. The number of hydrogen-bond acceptors (Lipinski definition) is 5. The summed E-state index contributed by atoms with van der Waals surface area (Å²) < 4.78 is 32.4. The Morgan fingerprint density at radius 1 is 1.33 bits per heavy atom. The molecule has 1 aromatic heterocycles. The smallest absolute Gasteiger partial charge is 0.244 e. The highest BCUT2D eigenvalue weighted by Crippen LogP contribution is 2.24. The zero-order valence-corrected chi connectivity index (χ0v) is 13.3. The Bertz CT molecular complexity index is 682. The molecule has 0 aliphatic heterocycles. The van der Waals surface area contributed by atoms with E-state index in [4.69, 9.17) is 10.5 Å². The summed E-state index contributed by atoms with van der Waals surface area (Å²) >= 11 is 1.61. The van der Waals surface area contributed by atoms with Crippen molar-refractivity contribution < 1.29 is 13.2 Å². The minimum Gasteiger partial charge on any atom is -0.495 e. The maximum Gasteiger partial charge on any atom is 0.244 e. The van der Waals surface area contributed by atoms with Crippen molar-refractivity contribution in [2.24, 2.45) is 5.73 Å². The van der Waals surface area contributed by atoms with Gasteiger partial charge in [-0.3, -0.25) is 0 Å². The number of methoxy groups -OCH3 is 1. The topological polar surface area (TPSA) is 81.4 Å². The first kappa shape index (κ1) is 16.0. The number of nitrogens with two attached hydrogens (primary N) is 1. The zero-order chi connectivity index (χ0) is 15.3. The molecule has 5 nitrogen and oxygen atoms in total. The van der Waals surface area contributed by atoms with E-state index < -0.39 is 10.0 Å². The lowest BCUT2D eigenvalue weighted by Gasteiger charge is -2.11. The van der Waals surface area contributed by atoms with Crippen molar-refractivity contribution in [1.29, 1.82) is 0 Å². The molecule has 0 saturated heterocycles. The second kappa shape index (κ2) is 7.04. The molecular formula is C14H18N2O3S2. The number of nitrogens with one attached hydrogen (secondary N) is 1. The average molecular weight is 326 g/mol. The Morgan fingerprint density at radius 3 is 2.76 bits per heavy atom. The van der Waals surface area contributed by atoms with Crippen LogP contribution in [0.2, 0.25) is 0 Å². The van der Waals surface area contributed by atoms with Crippen molar-refractivity contribution in [3.05, 3.63) is 46.2 Å². The highest BCUT2D eigenvalue weighted by molar-refractivity contribution is 7.89. The van der Waals surface area contributed by atoms with Crippen LogP contribution in [0.25, 0.3) is 0 Å². The molecule has 0 fully saturated rings. The molecule has 0 unspecified atom stereocenters. The molecule has 114 valence electrons. The lowest BCUT2D eigenvalue weighted by Crippen LogP contribution is -2.26. The van der Waals surface area contributed by atoms with E-state index in [1.165, 1.54) is 13.2 Å². The van der Waals surface area contributed by atoms with Crippen molar-refractivity contribution in [2.45, 2.75) is 17.9 Å². The SMILES string of the molecule is COc1cc(CN)ccc1S(=O)(=O)NCCc1cccs1. The number of ether oxygens (including phenoxy) is 1. The molecule has 0 radical (unpaired) electrons. The van der Waals surface area contributed by atoms with E-state index in [9.17, 15) is 8.42 Å². The first-order valence-electron chi connectivity index (χ1n) is 6.46. The van der Waals surface area contributed by atoms with E-state index in [1.54, 1.807) is 23.5 Å². The van der Waals surface area contributed by atoms with Crippen LogP contribution in [0.15, 0.2) is 40.6 Å². The van der Waals surface area contributed by atoms with Crippen LogP contribution in [-0.2, 0) is 23.0 Å². The molecule has 0 atom stereocenters. The minimum atomic E-state index is -3.59. The fraction of sp³-hybridized carbons (Fsp3) is 0.286. The molecule has 2 rings (SSSR count). The molecule has 2 aromatic rings. The number of thiophene rings is 1. The molecule has 3 N–H and O–H groups in total. The van der Waals surface area contributed by atoms with Crippen LogP contribution in [-0.4, -0.2) is 22.1 Å². The average Bonchev–Trinajstić information content (AvgIpc) is 2.99. The molecule has 1 aromatic carbocycles. The molecule has 7 heteroatoms. The predicted molar refractivity (Wildman–Crippen MR) is 84.1 cm³/mol. The van der Waals surface area contributed by atoms with Gasteiger partial charge in [0.1, 0.15) is 10.6 Å². The summed E-state index contributed by atoms with van der Waals surface area (Å²) in [6.07, 6.45) is 0.667. The van der Waals surface area contributed by atoms with Crippen LogP contribution < -0.4 is 15.2 Å². The van der Waals surface area contributed by atoms with Gasteiger partial charge in [-0.15, -0.1) is 11.3 Å². The third-order valence-corrected chi connectivity index (χ3v) is 5.43. The van der Waals surface area contributed by atoms with Crippen LogP contribution in [0.1, 0.15) is 10.4 Å². The summed E-state index contributed by atoms with van der Waals surface area (Å²) in [6.45, 7) is 0.688. The van der Waals surface area contributed by atoms with Gasteiger partial charge in [-0.1, -0.05) is 12.1 Å². The Balaban J connectivity index is 2.11. The largest absolute Gasteiger partial charge is 0.495 e. The Hall–Kier alpha value is -1.41. The summed E-state index contributed by atoms with van der Waals surface area (Å²) in [6, 6.07) is 8.79. The lowest BCUT2D eigenvalue weighted by molar-refractivity contribution is 0.402. The van der Waals surface area contributed by atoms with Crippen LogP contribution in [0.4, 0.5) is 0 Å². The zero-order valence-electron chi connectivity index (χ0n) is 11.7. The second-order valence-electron chi connectivity index (χ2n) is 4.42. The molecule has 21 heavy (non-hydrogen) atoms. The number of hydrogen-bond donors (Lipinski definition) is 2. The molecule has 0 saturated carbocycles. The van der Waals surface area contributed by atoms with Gasteiger partial charge >= 0.3 is 0 Å². The van der Waals surface area contributed by atoms with E-state index in [1.807, 2.05) is 17.5 Å². The number of rotatable bonds is 7. The molecule has 1 heterocycles. The molecular weight excluding hydrogens is 308 g/mol. The van der Waals surface area contributed by atoms with E-state index in [-0.39, 0.29) is 4.90 Å². The fourth-order valence-electron chi connectivity index (χ4n) is 1.90. The third kappa shape index (κ3) is 4.04. The molecule has 0 aliphatic rings. The number of benzene rings is 1. The molecule has 0 bridgehead atoms. The second-order valence-corrected chi connectivity index (χ2v) is 7.18.